The van der Waals surface area contributed by atoms with E-state index in [0.29, 0.717) is 29.9 Å². The zero-order chi connectivity index (χ0) is 34.2. The molecule has 0 aliphatic heterocycles. The van der Waals surface area contributed by atoms with Crippen molar-refractivity contribution in [3.8, 4) is 5.69 Å². The third-order valence-electron chi connectivity index (χ3n) is 9.77. The molecule has 7 nitrogen and oxygen atoms in total. The first-order valence-electron chi connectivity index (χ1n) is 16.7. The van der Waals surface area contributed by atoms with Crippen LogP contribution in [0.15, 0.2) is 70.6 Å². The number of aryl methyl sites for hydroxylation is 2. The summed E-state index contributed by atoms with van der Waals surface area (Å²) in [5, 5.41) is 9.11. The Morgan fingerprint density at radius 3 is 2.50 bits per heavy atom. The van der Waals surface area contributed by atoms with Crippen molar-refractivity contribution in [3.05, 3.63) is 98.5 Å². The lowest BCUT2D eigenvalue weighted by Crippen LogP contribution is -2.29. The molecule has 0 radical (unpaired) electrons. The Morgan fingerprint density at radius 1 is 1.08 bits per heavy atom. The number of hydrogen-bond donors (Lipinski definition) is 1. The van der Waals surface area contributed by atoms with E-state index in [-0.39, 0.29) is 33.9 Å². The van der Waals surface area contributed by atoms with Gasteiger partial charge < -0.3 is 5.32 Å². The first-order chi connectivity index (χ1) is 22.8. The molecule has 0 unspecified atom stereocenters. The van der Waals surface area contributed by atoms with Crippen LogP contribution in [-0.4, -0.2) is 31.0 Å². The number of benzene rings is 2. The van der Waals surface area contributed by atoms with E-state index in [2.05, 4.69) is 46.9 Å². The van der Waals surface area contributed by atoms with E-state index in [1.165, 1.54) is 28.8 Å². The quantitative estimate of drug-likeness (QED) is 0.118. The maximum atomic E-state index is 14.3. The minimum Gasteiger partial charge on any atom is -0.310 e. The van der Waals surface area contributed by atoms with Crippen LogP contribution in [0.4, 0.5) is 10.2 Å². The van der Waals surface area contributed by atoms with Gasteiger partial charge in [-0.15, -0.1) is 11.3 Å². The van der Waals surface area contributed by atoms with Gasteiger partial charge >= 0.3 is 0 Å². The minimum atomic E-state index is -0.293. The number of carbonyl (C=O) groups is 1. The number of thiophene rings is 1. The van der Waals surface area contributed by atoms with E-state index in [0.717, 1.165) is 58.4 Å². The molecule has 48 heavy (non-hydrogen) atoms. The first-order valence-corrected chi connectivity index (χ1v) is 18.5. The first kappa shape index (κ1) is 34.1. The average molecular weight is 686 g/mol. The lowest BCUT2D eigenvalue weighted by Gasteiger charge is -2.36. The summed E-state index contributed by atoms with van der Waals surface area (Å²) >= 11 is 2.90. The van der Waals surface area contributed by atoms with Crippen LogP contribution in [0.3, 0.4) is 0 Å². The number of nitrogens with zero attached hydrogens (tertiary/aromatic N) is 4. The molecule has 1 aliphatic carbocycles. The Labute approximate surface area is 290 Å². The van der Waals surface area contributed by atoms with Crippen molar-refractivity contribution in [1.82, 2.24) is 19.3 Å². The van der Waals surface area contributed by atoms with E-state index in [4.69, 9.17) is 10.1 Å². The van der Waals surface area contributed by atoms with Gasteiger partial charge in [0.1, 0.15) is 16.5 Å². The number of thioether (sulfide) groups is 1. The summed E-state index contributed by atoms with van der Waals surface area (Å²) in [6.45, 7) is 13.6. The standard InChI is InChI=1S/C38H44FN5O2S2/c1-7-38(5,6)25-15-18-28-29(21-25)48-34-33(28)35(46)43(20-19-24-13-16-26(39)17-14-24)36(41-34)47-23-32(45)40-31-22-30(37(2,3)4)42-44(31)27-11-9-8-10-12-27/h8-14,16-17,22,25H,7,15,18-21,23H2,1-6H3,(H,40,45)/t25-/m0/s1. The van der Waals surface area contributed by atoms with Gasteiger partial charge in [-0.2, -0.15) is 5.10 Å². The summed E-state index contributed by atoms with van der Waals surface area (Å²) in [4.78, 5) is 34.8. The minimum absolute atomic E-state index is 0.0623. The fourth-order valence-electron chi connectivity index (χ4n) is 6.31. The zero-order valence-electron chi connectivity index (χ0n) is 28.6. The maximum absolute atomic E-state index is 14.3. The molecule has 2 aromatic carbocycles. The highest BCUT2D eigenvalue weighted by molar-refractivity contribution is 7.99. The van der Waals surface area contributed by atoms with Crippen molar-refractivity contribution in [2.24, 2.45) is 11.3 Å². The number of nitrogens with one attached hydrogen (secondary N) is 1. The largest absolute Gasteiger partial charge is 0.310 e. The number of para-hydroxylation sites is 1. The summed E-state index contributed by atoms with van der Waals surface area (Å²) in [6, 6.07) is 18.0. The highest BCUT2D eigenvalue weighted by Gasteiger charge is 2.34. The van der Waals surface area contributed by atoms with Crippen LogP contribution in [0.2, 0.25) is 0 Å². The average Bonchev–Trinajstić information content (AvgIpc) is 3.66. The highest BCUT2D eigenvalue weighted by atomic mass is 32.2. The highest BCUT2D eigenvalue weighted by Crippen LogP contribution is 2.44. The molecule has 0 fully saturated rings. The molecular weight excluding hydrogens is 642 g/mol. The summed E-state index contributed by atoms with van der Waals surface area (Å²) in [5.41, 5.74) is 3.75. The van der Waals surface area contributed by atoms with Gasteiger partial charge in [0.25, 0.3) is 5.56 Å². The van der Waals surface area contributed by atoms with Gasteiger partial charge in [0, 0.05) is 22.9 Å². The molecule has 0 saturated heterocycles. The van der Waals surface area contributed by atoms with Gasteiger partial charge in [0.2, 0.25) is 5.91 Å². The van der Waals surface area contributed by atoms with E-state index in [9.17, 15) is 14.0 Å². The second-order valence-corrected chi connectivity index (χ2v) is 16.5. The van der Waals surface area contributed by atoms with Gasteiger partial charge in [-0.25, -0.2) is 14.1 Å². The lowest BCUT2D eigenvalue weighted by molar-refractivity contribution is -0.113. The SMILES string of the molecule is CCC(C)(C)[C@H]1CCc2c(sc3nc(SCC(=O)Nc4cc(C(C)(C)C)nn4-c4ccccc4)n(CCc4ccc(F)cc4)c(=O)c23)C1. The number of amides is 1. The predicted molar refractivity (Wildman–Crippen MR) is 195 cm³/mol. The third-order valence-corrected chi connectivity index (χ3v) is 11.9. The molecule has 5 aromatic rings. The molecule has 1 aliphatic rings. The molecule has 1 atom stereocenters. The number of halogens is 1. The molecule has 1 N–H and O–H groups in total. The summed E-state index contributed by atoms with van der Waals surface area (Å²) < 4.78 is 17.1. The van der Waals surface area contributed by atoms with E-state index >= 15 is 0 Å². The Morgan fingerprint density at radius 2 is 1.81 bits per heavy atom. The number of rotatable bonds is 10. The van der Waals surface area contributed by atoms with Crippen LogP contribution in [0.5, 0.6) is 0 Å². The molecule has 1 amide bonds. The van der Waals surface area contributed by atoms with Crippen molar-refractivity contribution in [2.45, 2.75) is 90.8 Å². The van der Waals surface area contributed by atoms with E-state index in [1.54, 1.807) is 32.7 Å². The lowest BCUT2D eigenvalue weighted by atomic mass is 9.70. The summed E-state index contributed by atoms with van der Waals surface area (Å²) in [5.74, 6) is 0.705. The second kappa shape index (κ2) is 13.6. The van der Waals surface area contributed by atoms with Crippen LogP contribution in [0, 0.1) is 17.2 Å². The molecule has 0 saturated carbocycles. The molecule has 252 valence electrons. The Bertz CT molecular complexity index is 1990. The molecule has 10 heteroatoms. The normalized spacial score (nSPS) is 15.1. The maximum Gasteiger partial charge on any atom is 0.263 e. The Kier molecular flexibility index (Phi) is 9.69. The Balaban J connectivity index is 1.30. The fourth-order valence-corrected chi connectivity index (χ4v) is 8.47. The number of hydrogen-bond acceptors (Lipinski definition) is 6. The smallest absolute Gasteiger partial charge is 0.263 e. The monoisotopic (exact) mass is 685 g/mol. The predicted octanol–water partition coefficient (Wildman–Crippen LogP) is 8.59. The molecule has 0 bridgehead atoms. The Hall–Kier alpha value is -3.76. The number of carbonyl (C=O) groups excluding carboxylic acids is 1. The van der Waals surface area contributed by atoms with Crippen molar-refractivity contribution < 1.29 is 9.18 Å². The van der Waals surface area contributed by atoms with E-state index in [1.807, 2.05) is 36.4 Å². The van der Waals surface area contributed by atoms with Crippen LogP contribution < -0.4 is 10.9 Å². The van der Waals surface area contributed by atoms with Crippen LogP contribution in [0.1, 0.15) is 76.1 Å². The van der Waals surface area contributed by atoms with Gasteiger partial charge in [-0.05, 0) is 72.4 Å². The van der Waals surface area contributed by atoms with Crippen LogP contribution in [0.25, 0.3) is 15.9 Å². The van der Waals surface area contributed by atoms with Crippen molar-refractivity contribution in [1.29, 1.82) is 0 Å². The van der Waals surface area contributed by atoms with Gasteiger partial charge in [0.05, 0.1) is 22.5 Å². The van der Waals surface area contributed by atoms with Crippen LogP contribution >= 0.6 is 23.1 Å². The molecule has 6 rings (SSSR count). The van der Waals surface area contributed by atoms with Crippen LogP contribution in [-0.2, 0) is 36.0 Å². The zero-order valence-corrected chi connectivity index (χ0v) is 30.2. The third kappa shape index (κ3) is 7.15. The summed E-state index contributed by atoms with van der Waals surface area (Å²) in [6.07, 6.45) is 4.54. The van der Waals surface area contributed by atoms with Crippen molar-refractivity contribution in [2.75, 3.05) is 11.1 Å². The van der Waals surface area contributed by atoms with Gasteiger partial charge in [-0.3, -0.25) is 14.2 Å². The molecule has 3 aromatic heterocycles. The molecular formula is C38H44FN5O2S2. The van der Waals surface area contributed by atoms with Gasteiger partial charge in [-0.1, -0.05) is 90.1 Å². The fraction of sp³-hybridized carbons (Fsp3) is 0.421. The number of aromatic nitrogens is 4. The van der Waals surface area contributed by atoms with Gasteiger partial charge in [0.15, 0.2) is 5.16 Å². The topological polar surface area (TPSA) is 81.8 Å². The number of anilines is 1. The number of fused-ring (bicyclic) bond motifs is 3. The summed E-state index contributed by atoms with van der Waals surface area (Å²) in [7, 11) is 0. The molecule has 3 heterocycles. The van der Waals surface area contributed by atoms with E-state index < -0.39 is 0 Å². The van der Waals surface area contributed by atoms with Crippen molar-refractivity contribution >= 4 is 45.0 Å². The molecule has 0 spiro atoms. The van der Waals surface area contributed by atoms with Crippen molar-refractivity contribution in [3.63, 3.8) is 0 Å². The second-order valence-electron chi connectivity index (χ2n) is 14.4.